The number of fused-ring (bicyclic) bond motifs is 2. The first kappa shape index (κ1) is 33.2. The number of thiophene rings is 1. The Hall–Kier alpha value is -4.70. The maximum atomic E-state index is 10.6. The number of carbonyl (C=O) groups is 2. The van der Waals surface area contributed by atoms with Crippen LogP contribution in [0.2, 0.25) is 0 Å². The molecule has 238 valence electrons. The van der Waals surface area contributed by atoms with Gasteiger partial charge in [0.05, 0.1) is 22.1 Å². The van der Waals surface area contributed by atoms with Crippen LogP contribution >= 0.6 is 11.3 Å². The van der Waals surface area contributed by atoms with Gasteiger partial charge in [-0.05, 0) is 60.0 Å². The number of halogens is 6. The number of hydrogen-bond acceptors (Lipinski definition) is 7. The summed E-state index contributed by atoms with van der Waals surface area (Å²) in [6.45, 7) is 4.42. The zero-order valence-corrected chi connectivity index (χ0v) is 24.2. The predicted molar refractivity (Wildman–Crippen MR) is 156 cm³/mol. The molecule has 0 amide bonds. The van der Waals surface area contributed by atoms with E-state index in [4.69, 9.17) is 24.8 Å². The smallest absolute Gasteiger partial charge is 0.475 e. The quantitative estimate of drug-likeness (QED) is 0.219. The number of benzene rings is 1. The van der Waals surface area contributed by atoms with Gasteiger partial charge in [-0.3, -0.25) is 9.38 Å². The minimum atomic E-state index is -5.08. The molecule has 0 radical (unpaired) electrons. The Kier molecular flexibility index (Phi) is 9.97. The molecule has 1 saturated heterocycles. The van der Waals surface area contributed by atoms with E-state index in [9.17, 15) is 26.3 Å². The standard InChI is InChI=1S/C25H23N5S.2C2HF3O2/c1-28-11-13-29(14-12-28)20-4-2-18(3-5-20)19-7-10-30-23(17-27-24(30)16-19)21-6-9-26-22-8-15-31-25(21)22;2*3-2(4,5)1(6)7/h2-10,15-17H,11-14H2,1H3;2*(H,6,7). The number of aromatic nitrogens is 3. The van der Waals surface area contributed by atoms with Gasteiger partial charge in [-0.2, -0.15) is 26.3 Å². The van der Waals surface area contributed by atoms with E-state index < -0.39 is 24.3 Å². The number of pyridine rings is 2. The average Bonchev–Trinajstić information content (AvgIpc) is 3.64. The lowest BCUT2D eigenvalue weighted by Gasteiger charge is -2.34. The first-order valence-corrected chi connectivity index (χ1v) is 14.0. The Morgan fingerprint density at radius 2 is 1.42 bits per heavy atom. The summed E-state index contributed by atoms with van der Waals surface area (Å²) in [5.74, 6) is -5.51. The van der Waals surface area contributed by atoms with Gasteiger partial charge in [0.1, 0.15) is 5.65 Å². The minimum Gasteiger partial charge on any atom is -0.475 e. The van der Waals surface area contributed by atoms with Crippen molar-refractivity contribution in [3.8, 4) is 22.4 Å². The van der Waals surface area contributed by atoms with E-state index in [2.05, 4.69) is 86.3 Å². The molecule has 45 heavy (non-hydrogen) atoms. The lowest BCUT2D eigenvalue weighted by molar-refractivity contribution is -0.193. The number of likely N-dealkylation sites (N-methyl/N-ethyl adjacent to an activating group) is 1. The number of aliphatic carboxylic acids is 2. The Morgan fingerprint density at radius 3 is 2.00 bits per heavy atom. The van der Waals surface area contributed by atoms with Gasteiger partial charge in [-0.1, -0.05) is 12.1 Å². The van der Waals surface area contributed by atoms with Crippen LogP contribution in [0.3, 0.4) is 0 Å². The number of anilines is 1. The van der Waals surface area contributed by atoms with Crippen molar-refractivity contribution in [3.63, 3.8) is 0 Å². The minimum absolute atomic E-state index is 0.956. The summed E-state index contributed by atoms with van der Waals surface area (Å²) in [5, 5.41) is 16.3. The van der Waals surface area contributed by atoms with Gasteiger partial charge in [0, 0.05) is 49.8 Å². The molecule has 0 saturated carbocycles. The molecule has 0 atom stereocenters. The fourth-order valence-electron chi connectivity index (χ4n) is 4.36. The van der Waals surface area contributed by atoms with Crippen molar-refractivity contribution in [1.82, 2.24) is 19.3 Å². The molecule has 16 heteroatoms. The van der Waals surface area contributed by atoms with E-state index in [1.54, 1.807) is 11.3 Å². The summed E-state index contributed by atoms with van der Waals surface area (Å²) in [6.07, 6.45) is -4.20. The second kappa shape index (κ2) is 13.5. The number of rotatable bonds is 3. The van der Waals surface area contributed by atoms with E-state index in [-0.39, 0.29) is 0 Å². The van der Waals surface area contributed by atoms with E-state index in [0.29, 0.717) is 0 Å². The third kappa shape index (κ3) is 8.27. The monoisotopic (exact) mass is 653 g/mol. The first-order valence-electron chi connectivity index (χ1n) is 13.1. The zero-order valence-electron chi connectivity index (χ0n) is 23.4. The fourth-order valence-corrected chi connectivity index (χ4v) is 5.24. The Labute approximate surface area is 255 Å². The predicted octanol–water partition coefficient (Wildman–Crippen LogP) is 6.30. The topological polar surface area (TPSA) is 111 Å². The van der Waals surface area contributed by atoms with E-state index in [1.807, 2.05) is 12.4 Å². The van der Waals surface area contributed by atoms with Gasteiger partial charge in [0.15, 0.2) is 0 Å². The van der Waals surface area contributed by atoms with Crippen molar-refractivity contribution >= 4 is 44.8 Å². The normalized spacial score (nSPS) is 14.0. The molecule has 5 heterocycles. The van der Waals surface area contributed by atoms with Gasteiger partial charge in [0.2, 0.25) is 0 Å². The van der Waals surface area contributed by atoms with Crippen LogP contribution in [-0.2, 0) is 9.59 Å². The van der Waals surface area contributed by atoms with Crippen molar-refractivity contribution in [2.24, 2.45) is 0 Å². The third-order valence-corrected chi connectivity index (χ3v) is 7.62. The number of hydrogen-bond donors (Lipinski definition) is 2. The highest BCUT2D eigenvalue weighted by molar-refractivity contribution is 7.17. The molecule has 9 nitrogen and oxygen atoms in total. The van der Waals surface area contributed by atoms with Crippen molar-refractivity contribution in [2.45, 2.75) is 12.4 Å². The van der Waals surface area contributed by atoms with Gasteiger partial charge < -0.3 is 20.0 Å². The lowest BCUT2D eigenvalue weighted by Crippen LogP contribution is -2.44. The Morgan fingerprint density at radius 1 is 0.822 bits per heavy atom. The Balaban J connectivity index is 0.000000277. The average molecular weight is 654 g/mol. The van der Waals surface area contributed by atoms with Crippen molar-refractivity contribution < 1.29 is 46.1 Å². The molecular formula is C29H25F6N5O4S. The van der Waals surface area contributed by atoms with E-state index in [1.165, 1.54) is 27.1 Å². The van der Waals surface area contributed by atoms with E-state index in [0.717, 1.165) is 43.0 Å². The second-order valence-corrected chi connectivity index (χ2v) is 10.6. The molecule has 5 aromatic rings. The highest BCUT2D eigenvalue weighted by Gasteiger charge is 2.38. The molecule has 0 unspecified atom stereocenters. The van der Waals surface area contributed by atoms with Gasteiger partial charge in [-0.25, -0.2) is 14.6 Å². The molecule has 0 aliphatic carbocycles. The number of carboxylic acids is 2. The summed E-state index contributed by atoms with van der Waals surface area (Å²) >= 11 is 1.72. The van der Waals surface area contributed by atoms with Crippen LogP contribution < -0.4 is 4.90 Å². The SMILES string of the molecule is CN1CCN(c2ccc(-c3ccn4c(-c5ccnc6ccsc56)cnc4c3)cc2)CC1.O=C(O)C(F)(F)F.O=C(O)C(F)(F)F. The fraction of sp³-hybridized carbons (Fsp3) is 0.241. The Bertz CT molecular complexity index is 1750. The molecular weight excluding hydrogens is 628 g/mol. The highest BCUT2D eigenvalue weighted by Crippen LogP contribution is 2.33. The molecule has 1 aliphatic heterocycles. The summed E-state index contributed by atoms with van der Waals surface area (Å²) < 4.78 is 66.8. The van der Waals surface area contributed by atoms with Crippen molar-refractivity contribution in [1.29, 1.82) is 0 Å². The zero-order chi connectivity index (χ0) is 32.9. The lowest BCUT2D eigenvalue weighted by atomic mass is 10.1. The summed E-state index contributed by atoms with van der Waals surface area (Å²) in [7, 11) is 2.19. The summed E-state index contributed by atoms with van der Waals surface area (Å²) in [6, 6.07) is 17.4. The van der Waals surface area contributed by atoms with Crippen LogP contribution in [-0.4, -0.2) is 87.0 Å². The van der Waals surface area contributed by atoms with Crippen LogP contribution in [0.4, 0.5) is 32.0 Å². The molecule has 6 rings (SSSR count). The number of piperazine rings is 1. The van der Waals surface area contributed by atoms with Crippen LogP contribution in [0.15, 0.2) is 72.5 Å². The van der Waals surface area contributed by atoms with Crippen molar-refractivity contribution in [3.05, 3.63) is 72.5 Å². The van der Waals surface area contributed by atoms with Crippen LogP contribution in [0, 0.1) is 0 Å². The molecule has 0 spiro atoms. The second-order valence-electron chi connectivity index (χ2n) is 9.72. The molecule has 1 fully saturated rings. The molecule has 2 N–H and O–H groups in total. The third-order valence-electron chi connectivity index (χ3n) is 6.69. The molecule has 1 aromatic carbocycles. The maximum absolute atomic E-state index is 10.6. The van der Waals surface area contributed by atoms with E-state index >= 15 is 0 Å². The summed E-state index contributed by atoms with van der Waals surface area (Å²) in [4.78, 5) is 31.8. The number of carboxylic acid groups (broad SMARTS) is 2. The van der Waals surface area contributed by atoms with Crippen molar-refractivity contribution in [2.75, 3.05) is 38.1 Å². The first-order chi connectivity index (χ1) is 21.1. The number of nitrogens with zero attached hydrogens (tertiary/aromatic N) is 5. The summed E-state index contributed by atoms with van der Waals surface area (Å²) in [5.41, 5.74) is 7.98. The van der Waals surface area contributed by atoms with Crippen LogP contribution in [0.5, 0.6) is 0 Å². The number of imidazole rings is 1. The molecule has 4 aromatic heterocycles. The van der Waals surface area contributed by atoms with Gasteiger partial charge in [0.25, 0.3) is 0 Å². The van der Waals surface area contributed by atoms with Gasteiger partial charge in [-0.15, -0.1) is 11.3 Å². The largest absolute Gasteiger partial charge is 0.490 e. The van der Waals surface area contributed by atoms with Crippen LogP contribution in [0.25, 0.3) is 38.2 Å². The maximum Gasteiger partial charge on any atom is 0.490 e. The van der Waals surface area contributed by atoms with Crippen LogP contribution in [0.1, 0.15) is 0 Å². The number of alkyl halides is 6. The molecule has 0 bridgehead atoms. The highest BCUT2D eigenvalue weighted by atomic mass is 32.1. The van der Waals surface area contributed by atoms with Gasteiger partial charge >= 0.3 is 24.3 Å². The molecule has 1 aliphatic rings.